The zero-order chi connectivity index (χ0) is 19.9. The van der Waals surface area contributed by atoms with E-state index >= 15 is 0 Å². The maximum atomic E-state index is 4.88. The highest BCUT2D eigenvalue weighted by molar-refractivity contribution is 5.61. The predicted octanol–water partition coefficient (Wildman–Crippen LogP) is 3.81. The Morgan fingerprint density at radius 1 is 1.14 bits per heavy atom. The summed E-state index contributed by atoms with van der Waals surface area (Å²) in [4.78, 5) is 6.87. The normalized spacial score (nSPS) is 17.5. The van der Waals surface area contributed by atoms with Gasteiger partial charge in [0.15, 0.2) is 0 Å². The van der Waals surface area contributed by atoms with Gasteiger partial charge in [0.05, 0.1) is 12.2 Å². The van der Waals surface area contributed by atoms with Crippen molar-refractivity contribution >= 4 is 0 Å². The van der Waals surface area contributed by atoms with Crippen molar-refractivity contribution in [2.45, 2.75) is 32.9 Å². The van der Waals surface area contributed by atoms with Crippen molar-refractivity contribution < 1.29 is 0 Å². The Balaban J connectivity index is 1.41. The lowest BCUT2D eigenvalue weighted by molar-refractivity contribution is 0.184. The van der Waals surface area contributed by atoms with E-state index in [4.69, 9.17) is 5.10 Å². The fraction of sp³-hybridized carbons (Fsp3) is 0.417. The molecular weight excluding hydrogens is 358 g/mol. The minimum atomic E-state index is 0.778. The number of nitrogens with zero attached hydrogens (tertiary/aromatic N) is 4. The molecule has 0 bridgehead atoms. The van der Waals surface area contributed by atoms with Crippen LogP contribution in [0, 0.1) is 5.92 Å². The molecule has 4 rings (SSSR count). The van der Waals surface area contributed by atoms with Crippen LogP contribution in [0.25, 0.3) is 11.3 Å². The molecule has 0 aliphatic carbocycles. The summed E-state index contributed by atoms with van der Waals surface area (Å²) in [5, 5.41) is 8.52. The van der Waals surface area contributed by atoms with Crippen molar-refractivity contribution in [2.24, 2.45) is 5.92 Å². The Hall–Kier alpha value is -2.50. The number of pyridine rings is 1. The van der Waals surface area contributed by atoms with Gasteiger partial charge in [0.2, 0.25) is 0 Å². The SMILES string of the molecule is CC1CCCN(CCNCc2cn(Cc3ccccc3)nc2-c2cccnc2)C1. The van der Waals surface area contributed by atoms with E-state index in [9.17, 15) is 0 Å². The summed E-state index contributed by atoms with van der Waals surface area (Å²) in [7, 11) is 0. The van der Waals surface area contributed by atoms with Crippen LogP contribution in [0.2, 0.25) is 0 Å². The second-order valence-corrected chi connectivity index (χ2v) is 8.15. The first kappa shape index (κ1) is 19.8. The molecule has 2 aromatic heterocycles. The average Bonchev–Trinajstić information content (AvgIpc) is 3.15. The Morgan fingerprint density at radius 3 is 2.83 bits per heavy atom. The van der Waals surface area contributed by atoms with Crippen molar-refractivity contribution in [3.63, 3.8) is 0 Å². The summed E-state index contributed by atoms with van der Waals surface area (Å²) in [6.45, 7) is 8.55. The van der Waals surface area contributed by atoms with E-state index in [-0.39, 0.29) is 0 Å². The van der Waals surface area contributed by atoms with Gasteiger partial charge in [-0.2, -0.15) is 5.10 Å². The quantitative estimate of drug-likeness (QED) is 0.595. The van der Waals surface area contributed by atoms with E-state index in [1.54, 1.807) is 0 Å². The van der Waals surface area contributed by atoms with Gasteiger partial charge in [-0.15, -0.1) is 0 Å². The number of aromatic nitrogens is 3. The molecule has 0 saturated carbocycles. The third-order valence-electron chi connectivity index (χ3n) is 5.62. The van der Waals surface area contributed by atoms with Crippen LogP contribution in [0.3, 0.4) is 0 Å². The molecule has 5 heteroatoms. The van der Waals surface area contributed by atoms with E-state index in [2.05, 4.69) is 58.7 Å². The lowest BCUT2D eigenvalue weighted by Gasteiger charge is -2.30. The molecule has 0 amide bonds. The van der Waals surface area contributed by atoms with Crippen LogP contribution in [-0.2, 0) is 13.1 Å². The van der Waals surface area contributed by atoms with Crippen molar-refractivity contribution in [1.82, 2.24) is 25.0 Å². The summed E-state index contributed by atoms with van der Waals surface area (Å²) in [6.07, 6.45) is 8.58. The second kappa shape index (κ2) is 9.81. The minimum Gasteiger partial charge on any atom is -0.311 e. The summed E-state index contributed by atoms with van der Waals surface area (Å²) >= 11 is 0. The van der Waals surface area contributed by atoms with E-state index in [1.165, 1.54) is 37.1 Å². The molecule has 1 atom stereocenters. The van der Waals surface area contributed by atoms with Crippen molar-refractivity contribution in [3.05, 3.63) is 72.2 Å². The molecule has 1 aliphatic heterocycles. The summed E-state index contributed by atoms with van der Waals surface area (Å²) < 4.78 is 2.04. The molecule has 0 spiro atoms. The van der Waals surface area contributed by atoms with Gasteiger partial charge in [-0.1, -0.05) is 37.3 Å². The molecule has 1 aromatic carbocycles. The first-order valence-corrected chi connectivity index (χ1v) is 10.7. The van der Waals surface area contributed by atoms with Crippen molar-refractivity contribution in [2.75, 3.05) is 26.2 Å². The van der Waals surface area contributed by atoms with Crippen LogP contribution in [0.1, 0.15) is 30.9 Å². The van der Waals surface area contributed by atoms with Crippen LogP contribution in [0.5, 0.6) is 0 Å². The molecular formula is C24H31N5. The van der Waals surface area contributed by atoms with E-state index < -0.39 is 0 Å². The number of benzene rings is 1. The van der Waals surface area contributed by atoms with Crippen LogP contribution in [0.15, 0.2) is 61.1 Å². The van der Waals surface area contributed by atoms with Crippen molar-refractivity contribution in [1.29, 1.82) is 0 Å². The smallest absolute Gasteiger partial charge is 0.0983 e. The predicted molar refractivity (Wildman–Crippen MR) is 118 cm³/mol. The zero-order valence-corrected chi connectivity index (χ0v) is 17.3. The maximum Gasteiger partial charge on any atom is 0.0983 e. The first-order valence-electron chi connectivity index (χ1n) is 10.7. The van der Waals surface area contributed by atoms with Gasteiger partial charge in [-0.25, -0.2) is 0 Å². The number of hydrogen-bond donors (Lipinski definition) is 1. The summed E-state index contributed by atoms with van der Waals surface area (Å²) in [6, 6.07) is 14.5. The summed E-state index contributed by atoms with van der Waals surface area (Å²) in [5.41, 5.74) is 4.57. The first-order chi connectivity index (χ1) is 14.3. The highest BCUT2D eigenvalue weighted by Crippen LogP contribution is 2.22. The Labute approximate surface area is 173 Å². The monoisotopic (exact) mass is 389 g/mol. The molecule has 0 radical (unpaired) electrons. The van der Waals surface area contributed by atoms with Crippen LogP contribution < -0.4 is 5.32 Å². The lowest BCUT2D eigenvalue weighted by atomic mass is 10.0. The molecule has 29 heavy (non-hydrogen) atoms. The molecule has 152 valence electrons. The van der Waals surface area contributed by atoms with Gasteiger partial charge in [-0.05, 0) is 43.0 Å². The maximum absolute atomic E-state index is 4.88. The Kier molecular flexibility index (Phi) is 6.70. The van der Waals surface area contributed by atoms with Crippen LogP contribution >= 0.6 is 0 Å². The van der Waals surface area contributed by atoms with Gasteiger partial charge in [-0.3, -0.25) is 9.67 Å². The van der Waals surface area contributed by atoms with Gasteiger partial charge in [0.25, 0.3) is 0 Å². The third kappa shape index (κ3) is 5.52. The zero-order valence-electron chi connectivity index (χ0n) is 17.3. The van der Waals surface area contributed by atoms with E-state index in [1.807, 2.05) is 29.2 Å². The molecule has 1 unspecified atom stereocenters. The van der Waals surface area contributed by atoms with Gasteiger partial charge in [0, 0.05) is 55.9 Å². The Bertz CT molecular complexity index is 875. The van der Waals surface area contributed by atoms with Crippen LogP contribution in [-0.4, -0.2) is 45.8 Å². The van der Waals surface area contributed by atoms with Crippen molar-refractivity contribution in [3.8, 4) is 11.3 Å². The van der Waals surface area contributed by atoms with Gasteiger partial charge >= 0.3 is 0 Å². The molecule has 1 saturated heterocycles. The fourth-order valence-electron chi connectivity index (χ4n) is 4.14. The lowest BCUT2D eigenvalue weighted by Crippen LogP contribution is -2.38. The van der Waals surface area contributed by atoms with E-state index in [0.29, 0.717) is 0 Å². The fourth-order valence-corrected chi connectivity index (χ4v) is 4.14. The average molecular weight is 390 g/mol. The van der Waals surface area contributed by atoms with Crippen LogP contribution in [0.4, 0.5) is 0 Å². The number of piperidine rings is 1. The van der Waals surface area contributed by atoms with Gasteiger partial charge in [0.1, 0.15) is 0 Å². The Morgan fingerprint density at radius 2 is 2.03 bits per heavy atom. The largest absolute Gasteiger partial charge is 0.311 e. The number of likely N-dealkylation sites (tertiary alicyclic amines) is 1. The molecule has 1 aliphatic rings. The molecule has 1 fully saturated rings. The molecule has 5 nitrogen and oxygen atoms in total. The standard InChI is InChI=1S/C24H31N5/c1-20-7-6-13-28(17-20)14-12-26-16-23-19-29(18-21-8-3-2-4-9-21)27-24(23)22-10-5-11-25-15-22/h2-5,8-11,15,19-20,26H,6-7,12-14,16-18H2,1H3. The number of hydrogen-bond acceptors (Lipinski definition) is 4. The second-order valence-electron chi connectivity index (χ2n) is 8.15. The topological polar surface area (TPSA) is 46.0 Å². The third-order valence-corrected chi connectivity index (χ3v) is 5.62. The van der Waals surface area contributed by atoms with Gasteiger partial charge < -0.3 is 10.2 Å². The molecule has 3 aromatic rings. The number of nitrogens with one attached hydrogen (secondary N) is 1. The highest BCUT2D eigenvalue weighted by atomic mass is 15.3. The molecule has 3 heterocycles. The highest BCUT2D eigenvalue weighted by Gasteiger charge is 2.16. The summed E-state index contributed by atoms with van der Waals surface area (Å²) in [5.74, 6) is 0.831. The minimum absolute atomic E-state index is 0.778. The van der Waals surface area contributed by atoms with E-state index in [0.717, 1.165) is 43.4 Å². The number of rotatable bonds is 8. The molecule has 1 N–H and O–H groups in total.